The van der Waals surface area contributed by atoms with Crippen molar-refractivity contribution in [3.05, 3.63) is 66.2 Å². The Morgan fingerprint density at radius 3 is 2.13 bits per heavy atom. The van der Waals surface area contributed by atoms with Crippen molar-refractivity contribution < 1.29 is 9.59 Å². The molecule has 4 heteroatoms. The molecule has 0 aromatic heterocycles. The number of carbonyl (C=O) groups excluding carboxylic acids is 2. The van der Waals surface area contributed by atoms with Crippen LogP contribution in [0.1, 0.15) is 31.9 Å². The SMILES string of the molecule is CC(=O)N(CCC(=O)Nc1ccccc1)C(C)c1ccccc1. The maximum absolute atomic E-state index is 12.0. The Balaban J connectivity index is 1.95. The van der Waals surface area contributed by atoms with Gasteiger partial charge in [0.15, 0.2) is 0 Å². The molecule has 2 aromatic rings. The third-order valence-corrected chi connectivity index (χ3v) is 3.79. The first kappa shape index (κ1) is 16.7. The molecule has 0 aliphatic rings. The number of rotatable bonds is 6. The van der Waals surface area contributed by atoms with Crippen molar-refractivity contribution in [3.8, 4) is 0 Å². The van der Waals surface area contributed by atoms with E-state index in [4.69, 9.17) is 0 Å². The Bertz CT molecular complexity index is 641. The molecule has 2 amide bonds. The summed E-state index contributed by atoms with van der Waals surface area (Å²) in [5.74, 6) is -0.128. The van der Waals surface area contributed by atoms with Crippen molar-refractivity contribution in [3.63, 3.8) is 0 Å². The van der Waals surface area contributed by atoms with E-state index in [9.17, 15) is 9.59 Å². The smallest absolute Gasteiger partial charge is 0.226 e. The van der Waals surface area contributed by atoms with Crippen molar-refractivity contribution in [1.29, 1.82) is 0 Å². The summed E-state index contributed by atoms with van der Waals surface area (Å²) in [5, 5.41) is 2.84. The molecule has 120 valence electrons. The van der Waals surface area contributed by atoms with Crippen LogP contribution in [0.5, 0.6) is 0 Å². The molecule has 0 aliphatic carbocycles. The van der Waals surface area contributed by atoms with Gasteiger partial charge in [-0.3, -0.25) is 9.59 Å². The Hall–Kier alpha value is -2.62. The van der Waals surface area contributed by atoms with Gasteiger partial charge in [0.2, 0.25) is 11.8 Å². The van der Waals surface area contributed by atoms with Gasteiger partial charge in [0, 0.05) is 25.6 Å². The number of carbonyl (C=O) groups is 2. The van der Waals surface area contributed by atoms with E-state index in [1.165, 1.54) is 6.92 Å². The standard InChI is InChI=1S/C19H22N2O2/c1-15(17-9-5-3-6-10-17)21(16(2)22)14-13-19(23)20-18-11-7-4-8-12-18/h3-12,15H,13-14H2,1-2H3,(H,20,23). The van der Waals surface area contributed by atoms with Crippen LogP contribution in [0.15, 0.2) is 60.7 Å². The Kier molecular flexibility index (Phi) is 5.92. The fraction of sp³-hybridized carbons (Fsp3) is 0.263. The minimum atomic E-state index is -0.0947. The van der Waals surface area contributed by atoms with Gasteiger partial charge >= 0.3 is 0 Å². The van der Waals surface area contributed by atoms with Crippen LogP contribution in [-0.4, -0.2) is 23.3 Å². The van der Waals surface area contributed by atoms with E-state index >= 15 is 0 Å². The molecule has 0 saturated carbocycles. The van der Waals surface area contributed by atoms with Crippen molar-refractivity contribution in [2.24, 2.45) is 0 Å². The predicted molar refractivity (Wildman–Crippen MR) is 91.9 cm³/mol. The summed E-state index contributed by atoms with van der Waals surface area (Å²) in [7, 11) is 0. The number of nitrogens with zero attached hydrogens (tertiary/aromatic N) is 1. The van der Waals surface area contributed by atoms with E-state index in [-0.39, 0.29) is 24.3 Å². The maximum Gasteiger partial charge on any atom is 0.226 e. The van der Waals surface area contributed by atoms with Gasteiger partial charge < -0.3 is 10.2 Å². The first-order valence-electron chi connectivity index (χ1n) is 7.75. The lowest BCUT2D eigenvalue weighted by molar-refractivity contribution is -0.131. The highest BCUT2D eigenvalue weighted by Crippen LogP contribution is 2.20. The average molecular weight is 310 g/mol. The monoisotopic (exact) mass is 310 g/mol. The van der Waals surface area contributed by atoms with Crippen LogP contribution in [0, 0.1) is 0 Å². The van der Waals surface area contributed by atoms with Gasteiger partial charge in [0.05, 0.1) is 6.04 Å². The number of anilines is 1. The van der Waals surface area contributed by atoms with Crippen molar-refractivity contribution in [2.45, 2.75) is 26.3 Å². The van der Waals surface area contributed by atoms with Crippen molar-refractivity contribution in [1.82, 2.24) is 4.90 Å². The van der Waals surface area contributed by atoms with E-state index < -0.39 is 0 Å². The summed E-state index contributed by atoms with van der Waals surface area (Å²) in [6.45, 7) is 3.91. The van der Waals surface area contributed by atoms with Gasteiger partial charge in [-0.05, 0) is 24.6 Å². The van der Waals surface area contributed by atoms with Gasteiger partial charge in [0.1, 0.15) is 0 Å². The summed E-state index contributed by atoms with van der Waals surface area (Å²) in [6.07, 6.45) is 0.269. The Morgan fingerprint density at radius 2 is 1.57 bits per heavy atom. The molecule has 0 aliphatic heterocycles. The summed E-state index contributed by atoms with van der Waals surface area (Å²) < 4.78 is 0. The lowest BCUT2D eigenvalue weighted by atomic mass is 10.1. The topological polar surface area (TPSA) is 49.4 Å². The van der Waals surface area contributed by atoms with Crippen LogP contribution in [0.25, 0.3) is 0 Å². The fourth-order valence-corrected chi connectivity index (χ4v) is 2.50. The molecule has 0 spiro atoms. The highest BCUT2D eigenvalue weighted by molar-refractivity contribution is 5.91. The molecule has 0 saturated heterocycles. The summed E-state index contributed by atoms with van der Waals surface area (Å²) in [6, 6.07) is 19.1. The zero-order valence-electron chi connectivity index (χ0n) is 13.5. The first-order chi connectivity index (χ1) is 11.1. The molecule has 0 radical (unpaired) electrons. The molecule has 4 nitrogen and oxygen atoms in total. The fourth-order valence-electron chi connectivity index (χ4n) is 2.50. The summed E-state index contributed by atoms with van der Waals surface area (Å²) in [4.78, 5) is 25.7. The zero-order valence-corrected chi connectivity index (χ0v) is 13.5. The van der Waals surface area contributed by atoms with Gasteiger partial charge in [-0.2, -0.15) is 0 Å². The second kappa shape index (κ2) is 8.13. The number of para-hydroxylation sites is 1. The van der Waals surface area contributed by atoms with E-state index in [1.54, 1.807) is 4.90 Å². The van der Waals surface area contributed by atoms with Crippen LogP contribution in [0.4, 0.5) is 5.69 Å². The summed E-state index contributed by atoms with van der Waals surface area (Å²) in [5.41, 5.74) is 1.83. The second-order valence-electron chi connectivity index (χ2n) is 5.46. The van der Waals surface area contributed by atoms with Gasteiger partial charge in [0.25, 0.3) is 0 Å². The van der Waals surface area contributed by atoms with E-state index in [1.807, 2.05) is 67.6 Å². The number of hydrogen-bond acceptors (Lipinski definition) is 2. The molecule has 0 bridgehead atoms. The van der Waals surface area contributed by atoms with E-state index in [2.05, 4.69) is 5.32 Å². The molecule has 1 unspecified atom stereocenters. The minimum Gasteiger partial charge on any atom is -0.336 e. The predicted octanol–water partition coefficient (Wildman–Crippen LogP) is 3.62. The van der Waals surface area contributed by atoms with Crippen LogP contribution < -0.4 is 5.32 Å². The largest absolute Gasteiger partial charge is 0.336 e. The molecule has 2 aromatic carbocycles. The van der Waals surface area contributed by atoms with Crippen LogP contribution in [-0.2, 0) is 9.59 Å². The highest BCUT2D eigenvalue weighted by atomic mass is 16.2. The van der Waals surface area contributed by atoms with Gasteiger partial charge in [-0.15, -0.1) is 0 Å². The van der Waals surface area contributed by atoms with Gasteiger partial charge in [-0.1, -0.05) is 48.5 Å². The Morgan fingerprint density at radius 1 is 1.00 bits per heavy atom. The van der Waals surface area contributed by atoms with Crippen molar-refractivity contribution >= 4 is 17.5 Å². The molecule has 23 heavy (non-hydrogen) atoms. The van der Waals surface area contributed by atoms with E-state index in [0.717, 1.165) is 11.3 Å². The number of benzene rings is 2. The number of hydrogen-bond donors (Lipinski definition) is 1. The first-order valence-corrected chi connectivity index (χ1v) is 7.75. The molecule has 0 fully saturated rings. The third kappa shape index (κ3) is 4.95. The van der Waals surface area contributed by atoms with Crippen molar-refractivity contribution in [2.75, 3.05) is 11.9 Å². The number of nitrogens with one attached hydrogen (secondary N) is 1. The second-order valence-corrected chi connectivity index (χ2v) is 5.46. The van der Waals surface area contributed by atoms with Gasteiger partial charge in [-0.25, -0.2) is 0 Å². The van der Waals surface area contributed by atoms with Crippen LogP contribution in [0.2, 0.25) is 0 Å². The molecule has 0 heterocycles. The molecule has 1 N–H and O–H groups in total. The van der Waals surface area contributed by atoms with E-state index in [0.29, 0.717) is 6.54 Å². The highest BCUT2D eigenvalue weighted by Gasteiger charge is 2.19. The zero-order chi connectivity index (χ0) is 16.7. The summed E-state index contributed by atoms with van der Waals surface area (Å²) >= 11 is 0. The minimum absolute atomic E-state index is 0.0335. The van der Waals surface area contributed by atoms with Crippen LogP contribution in [0.3, 0.4) is 0 Å². The molecule has 2 rings (SSSR count). The maximum atomic E-state index is 12.0. The Labute approximate surface area is 137 Å². The lowest BCUT2D eigenvalue weighted by Crippen LogP contribution is -2.34. The van der Waals surface area contributed by atoms with Crippen LogP contribution >= 0.6 is 0 Å². The lowest BCUT2D eigenvalue weighted by Gasteiger charge is -2.28. The number of amides is 2. The molecular weight excluding hydrogens is 288 g/mol. The third-order valence-electron chi connectivity index (χ3n) is 3.79. The molecular formula is C19H22N2O2. The quantitative estimate of drug-likeness (QED) is 0.886. The average Bonchev–Trinajstić information content (AvgIpc) is 2.56. The normalized spacial score (nSPS) is 11.6. The molecule has 1 atom stereocenters.